The Bertz CT molecular complexity index is 844. The van der Waals surface area contributed by atoms with Gasteiger partial charge in [-0.25, -0.2) is 4.79 Å². The average molecular weight is 356 g/mol. The zero-order valence-corrected chi connectivity index (χ0v) is 14.9. The molecule has 1 fully saturated rings. The van der Waals surface area contributed by atoms with Gasteiger partial charge in [0, 0.05) is 23.8 Å². The summed E-state index contributed by atoms with van der Waals surface area (Å²) in [4.78, 5) is 37.1. The molecule has 0 saturated carbocycles. The molecule has 1 aromatic heterocycles. The second kappa shape index (κ2) is 5.97. The maximum absolute atomic E-state index is 12.5. The Hall–Kier alpha value is -2.63. The number of hydrogen-bond acceptors (Lipinski definition) is 6. The predicted molar refractivity (Wildman–Crippen MR) is 90.0 cm³/mol. The third-order valence-corrected chi connectivity index (χ3v) is 5.71. The molecule has 0 aromatic carbocycles. The molecule has 2 heterocycles. The van der Waals surface area contributed by atoms with E-state index in [-0.39, 0.29) is 29.3 Å². The zero-order valence-electron chi connectivity index (χ0n) is 14.9. The van der Waals surface area contributed by atoms with Crippen LogP contribution in [0.5, 0.6) is 0 Å². The van der Waals surface area contributed by atoms with Crippen molar-refractivity contribution in [3.05, 3.63) is 47.0 Å². The van der Waals surface area contributed by atoms with Crippen LogP contribution in [0.1, 0.15) is 37.7 Å². The van der Waals surface area contributed by atoms with Crippen LogP contribution in [0, 0.1) is 17.8 Å². The summed E-state index contributed by atoms with van der Waals surface area (Å²) in [6.07, 6.45) is 2.36. The summed E-state index contributed by atoms with van der Waals surface area (Å²) < 4.78 is 16.5. The number of ether oxygens (including phenoxy) is 2. The lowest BCUT2D eigenvalue weighted by molar-refractivity contribution is -0.144. The molecule has 136 valence electrons. The van der Waals surface area contributed by atoms with Gasteiger partial charge in [-0.2, -0.15) is 0 Å². The van der Waals surface area contributed by atoms with Gasteiger partial charge in [0.2, 0.25) is 5.76 Å². The fourth-order valence-electron chi connectivity index (χ4n) is 4.50. The fraction of sp³-hybridized carbons (Fsp3) is 0.450. The van der Waals surface area contributed by atoms with Gasteiger partial charge in [0.25, 0.3) is 0 Å². The van der Waals surface area contributed by atoms with Crippen molar-refractivity contribution in [2.24, 2.45) is 17.8 Å². The van der Waals surface area contributed by atoms with Gasteiger partial charge in [-0.3, -0.25) is 9.59 Å². The van der Waals surface area contributed by atoms with Crippen molar-refractivity contribution >= 4 is 17.7 Å². The molecule has 0 amide bonds. The molecule has 2 aliphatic carbocycles. The van der Waals surface area contributed by atoms with Crippen molar-refractivity contribution in [2.45, 2.75) is 39.4 Å². The van der Waals surface area contributed by atoms with Crippen LogP contribution in [0.25, 0.3) is 0 Å². The Morgan fingerprint density at radius 2 is 2.04 bits per heavy atom. The van der Waals surface area contributed by atoms with Crippen LogP contribution >= 0.6 is 0 Å². The van der Waals surface area contributed by atoms with Crippen molar-refractivity contribution in [2.75, 3.05) is 0 Å². The number of furan rings is 1. The topological polar surface area (TPSA) is 82.8 Å². The van der Waals surface area contributed by atoms with Crippen LogP contribution in [-0.4, -0.2) is 29.9 Å². The lowest BCUT2D eigenvalue weighted by atomic mass is 9.79. The Morgan fingerprint density at radius 1 is 1.27 bits per heavy atom. The molecule has 5 atom stereocenters. The summed E-state index contributed by atoms with van der Waals surface area (Å²) in [5, 5.41) is 0. The average Bonchev–Trinajstić information content (AvgIpc) is 3.25. The monoisotopic (exact) mass is 356 g/mol. The van der Waals surface area contributed by atoms with E-state index in [4.69, 9.17) is 13.9 Å². The maximum Gasteiger partial charge on any atom is 0.374 e. The molecule has 1 aliphatic heterocycles. The van der Waals surface area contributed by atoms with Crippen LogP contribution in [0.2, 0.25) is 0 Å². The van der Waals surface area contributed by atoms with E-state index in [2.05, 4.69) is 0 Å². The van der Waals surface area contributed by atoms with E-state index in [9.17, 15) is 14.4 Å². The summed E-state index contributed by atoms with van der Waals surface area (Å²) >= 11 is 0. The third-order valence-electron chi connectivity index (χ3n) is 5.71. The van der Waals surface area contributed by atoms with Crippen LogP contribution < -0.4 is 0 Å². The van der Waals surface area contributed by atoms with Gasteiger partial charge in [-0.1, -0.05) is 18.1 Å². The zero-order chi connectivity index (χ0) is 18.6. The predicted octanol–water partition coefficient (Wildman–Crippen LogP) is 2.85. The van der Waals surface area contributed by atoms with Gasteiger partial charge in [0.05, 0.1) is 12.2 Å². The van der Waals surface area contributed by atoms with E-state index < -0.39 is 24.1 Å². The van der Waals surface area contributed by atoms with Crippen LogP contribution in [0.15, 0.2) is 45.6 Å². The lowest BCUT2D eigenvalue weighted by Gasteiger charge is -2.29. The van der Waals surface area contributed by atoms with Crippen LogP contribution in [-0.2, 0) is 19.1 Å². The number of ketones is 1. The Kier molecular flexibility index (Phi) is 3.86. The van der Waals surface area contributed by atoms with Gasteiger partial charge in [-0.05, 0) is 32.1 Å². The number of rotatable bonds is 2. The van der Waals surface area contributed by atoms with Crippen molar-refractivity contribution < 1.29 is 28.3 Å². The minimum Gasteiger partial charge on any atom is -0.461 e. The molecule has 0 N–H and O–H groups in total. The fourth-order valence-corrected chi connectivity index (χ4v) is 4.50. The number of carbonyl (C=O) groups is 3. The molecular weight excluding hydrogens is 336 g/mol. The molecule has 1 saturated heterocycles. The van der Waals surface area contributed by atoms with Crippen molar-refractivity contribution in [1.29, 1.82) is 0 Å². The van der Waals surface area contributed by atoms with Gasteiger partial charge in [-0.15, -0.1) is 0 Å². The highest BCUT2D eigenvalue weighted by Crippen LogP contribution is 2.48. The van der Waals surface area contributed by atoms with Crippen molar-refractivity contribution in [1.82, 2.24) is 0 Å². The first kappa shape index (κ1) is 16.8. The van der Waals surface area contributed by atoms with Crippen molar-refractivity contribution in [3.8, 4) is 0 Å². The first-order valence-electron chi connectivity index (χ1n) is 8.75. The Balaban J connectivity index is 1.72. The third kappa shape index (κ3) is 2.43. The lowest BCUT2D eigenvalue weighted by Crippen LogP contribution is -2.37. The standard InChI is InChI=1S/C20H20O6/c1-9-7-12(21)15-10(2)8-14(25-20(23)13-5-4-6-24-13)17-11(3)19(22)26-18(17)16(9)15/h4-7,11,14,16-18H,8H2,1-3H3/t11-,14?,16+,17-,18-/m1/s1. The van der Waals surface area contributed by atoms with Crippen LogP contribution in [0.3, 0.4) is 0 Å². The summed E-state index contributed by atoms with van der Waals surface area (Å²) in [5.74, 6) is -1.80. The minimum absolute atomic E-state index is 0.0441. The van der Waals surface area contributed by atoms with E-state index in [1.165, 1.54) is 12.3 Å². The number of hydrogen-bond donors (Lipinski definition) is 0. The molecule has 3 aliphatic rings. The quantitative estimate of drug-likeness (QED) is 0.758. The molecular formula is C20H20O6. The van der Waals surface area contributed by atoms with Gasteiger partial charge in [0.15, 0.2) is 5.78 Å². The van der Waals surface area contributed by atoms with E-state index in [1.54, 1.807) is 19.1 Å². The van der Waals surface area contributed by atoms with Crippen LogP contribution in [0.4, 0.5) is 0 Å². The highest BCUT2D eigenvalue weighted by molar-refractivity contribution is 6.09. The molecule has 4 rings (SSSR count). The second-order valence-corrected chi connectivity index (χ2v) is 7.32. The summed E-state index contributed by atoms with van der Waals surface area (Å²) in [7, 11) is 0. The summed E-state index contributed by atoms with van der Waals surface area (Å²) in [6, 6.07) is 3.15. The highest BCUT2D eigenvalue weighted by atomic mass is 16.6. The molecule has 26 heavy (non-hydrogen) atoms. The van der Waals surface area contributed by atoms with Gasteiger partial charge >= 0.3 is 11.9 Å². The maximum atomic E-state index is 12.5. The molecule has 1 aromatic rings. The van der Waals surface area contributed by atoms with E-state index in [0.717, 1.165) is 11.1 Å². The second-order valence-electron chi connectivity index (χ2n) is 7.32. The molecule has 6 nitrogen and oxygen atoms in total. The number of allylic oxidation sites excluding steroid dienone is 1. The molecule has 0 spiro atoms. The SMILES string of the molecule is CC1=CC(=O)C2=C(C)CC(OC(=O)c3ccco3)[C@@H]3[C@H](OC(=O)[C@@H]3C)[C@@H]12. The number of esters is 2. The number of carbonyl (C=O) groups excluding carboxylic acids is 3. The Labute approximate surface area is 150 Å². The normalized spacial score (nSPS) is 33.3. The van der Waals surface area contributed by atoms with E-state index in [0.29, 0.717) is 12.0 Å². The summed E-state index contributed by atoms with van der Waals surface area (Å²) in [5.41, 5.74) is 2.44. The number of fused-ring (bicyclic) bond motifs is 3. The van der Waals surface area contributed by atoms with Gasteiger partial charge < -0.3 is 13.9 Å². The minimum atomic E-state index is -0.575. The molecule has 0 bridgehead atoms. The highest BCUT2D eigenvalue weighted by Gasteiger charge is 2.55. The molecule has 0 radical (unpaired) electrons. The largest absolute Gasteiger partial charge is 0.461 e. The first-order valence-corrected chi connectivity index (χ1v) is 8.75. The summed E-state index contributed by atoms with van der Waals surface area (Å²) in [6.45, 7) is 5.55. The van der Waals surface area contributed by atoms with Crippen molar-refractivity contribution in [3.63, 3.8) is 0 Å². The smallest absolute Gasteiger partial charge is 0.374 e. The Morgan fingerprint density at radius 3 is 2.73 bits per heavy atom. The van der Waals surface area contributed by atoms with E-state index >= 15 is 0 Å². The molecule has 1 unspecified atom stereocenters. The van der Waals surface area contributed by atoms with Gasteiger partial charge in [0.1, 0.15) is 12.2 Å². The molecule has 6 heteroatoms. The van der Waals surface area contributed by atoms with E-state index in [1.807, 2.05) is 13.8 Å². The first-order chi connectivity index (χ1) is 12.4.